The van der Waals surface area contributed by atoms with Crippen molar-refractivity contribution in [2.24, 2.45) is 0 Å². The summed E-state index contributed by atoms with van der Waals surface area (Å²) >= 11 is 0. The summed E-state index contributed by atoms with van der Waals surface area (Å²) in [6.07, 6.45) is 3.00. The fourth-order valence-corrected chi connectivity index (χ4v) is 2.60. The van der Waals surface area contributed by atoms with E-state index in [0.717, 1.165) is 5.76 Å². The van der Waals surface area contributed by atoms with Crippen molar-refractivity contribution in [1.29, 1.82) is 0 Å². The Bertz CT molecular complexity index is 496. The summed E-state index contributed by atoms with van der Waals surface area (Å²) in [5.74, 6) is 2.42. The zero-order valence-electron chi connectivity index (χ0n) is 9.73. The average molecular weight is 212 g/mol. The second-order valence-electron chi connectivity index (χ2n) is 4.82. The summed E-state index contributed by atoms with van der Waals surface area (Å²) in [7, 11) is 0. The maximum Gasteiger partial charge on any atom is 0.107 e. The van der Waals surface area contributed by atoms with Crippen molar-refractivity contribution in [3.63, 3.8) is 0 Å². The fourth-order valence-electron chi connectivity index (χ4n) is 2.60. The van der Waals surface area contributed by atoms with E-state index in [1.165, 1.54) is 23.1 Å². The Labute approximate surface area is 96.1 Å². The van der Waals surface area contributed by atoms with E-state index < -0.39 is 0 Å². The Morgan fingerprint density at radius 3 is 2.69 bits per heavy atom. The van der Waals surface area contributed by atoms with E-state index in [9.17, 15) is 0 Å². The van der Waals surface area contributed by atoms with Gasteiger partial charge in [0.15, 0.2) is 0 Å². The van der Waals surface area contributed by atoms with Crippen molar-refractivity contribution in [3.05, 3.63) is 59.0 Å². The van der Waals surface area contributed by atoms with Gasteiger partial charge in [0.05, 0.1) is 6.26 Å². The number of hydrogen-bond acceptors (Lipinski definition) is 1. The van der Waals surface area contributed by atoms with Crippen molar-refractivity contribution < 1.29 is 4.42 Å². The molecule has 2 aromatic rings. The van der Waals surface area contributed by atoms with Crippen LogP contribution < -0.4 is 0 Å². The van der Waals surface area contributed by atoms with Crippen LogP contribution in [0.3, 0.4) is 0 Å². The van der Waals surface area contributed by atoms with Gasteiger partial charge in [0.1, 0.15) is 5.76 Å². The van der Waals surface area contributed by atoms with Gasteiger partial charge >= 0.3 is 0 Å². The molecule has 1 heteroatoms. The molecule has 0 N–H and O–H groups in total. The molecule has 82 valence electrons. The number of furan rings is 1. The Morgan fingerprint density at radius 2 is 2.00 bits per heavy atom. The third kappa shape index (κ3) is 1.57. The lowest BCUT2D eigenvalue weighted by molar-refractivity contribution is 0.509. The first kappa shape index (κ1) is 9.71. The molecule has 1 saturated carbocycles. The van der Waals surface area contributed by atoms with Crippen molar-refractivity contribution >= 4 is 0 Å². The predicted octanol–water partition coefficient (Wildman–Crippen LogP) is 4.17. The lowest BCUT2D eigenvalue weighted by atomic mass is 10.0. The summed E-state index contributed by atoms with van der Waals surface area (Å²) in [6.45, 7) is 4.35. The monoisotopic (exact) mass is 212 g/mol. The number of hydrogen-bond donors (Lipinski definition) is 0. The minimum absolute atomic E-state index is 0.608. The van der Waals surface area contributed by atoms with Crippen LogP contribution in [0.5, 0.6) is 0 Å². The molecule has 0 spiro atoms. The lowest BCUT2D eigenvalue weighted by Crippen LogP contribution is -1.88. The zero-order chi connectivity index (χ0) is 11.1. The van der Waals surface area contributed by atoms with E-state index in [1.54, 1.807) is 6.26 Å². The van der Waals surface area contributed by atoms with Gasteiger partial charge in [0.25, 0.3) is 0 Å². The molecular weight excluding hydrogens is 196 g/mol. The predicted molar refractivity (Wildman–Crippen MR) is 64.7 cm³/mol. The van der Waals surface area contributed by atoms with Crippen LogP contribution in [0.15, 0.2) is 41.0 Å². The SMILES string of the molecule is Cc1ccc(C2CC2c2ccco2)c(C)c1. The molecule has 2 atom stereocenters. The van der Waals surface area contributed by atoms with E-state index in [0.29, 0.717) is 11.8 Å². The molecule has 1 nitrogen and oxygen atoms in total. The van der Waals surface area contributed by atoms with Crippen molar-refractivity contribution in [2.75, 3.05) is 0 Å². The molecule has 1 heterocycles. The van der Waals surface area contributed by atoms with Gasteiger partial charge in [-0.25, -0.2) is 0 Å². The van der Waals surface area contributed by atoms with Gasteiger partial charge in [-0.1, -0.05) is 23.8 Å². The van der Waals surface area contributed by atoms with Gasteiger partial charge in [0.2, 0.25) is 0 Å². The van der Waals surface area contributed by atoms with Gasteiger partial charge in [-0.15, -0.1) is 0 Å². The Hall–Kier alpha value is -1.50. The zero-order valence-corrected chi connectivity index (χ0v) is 9.73. The lowest BCUT2D eigenvalue weighted by Gasteiger charge is -2.05. The standard InChI is InChI=1S/C15H16O/c1-10-5-6-12(11(2)8-10)13-9-14(13)15-4-3-7-16-15/h3-8,13-14H,9H2,1-2H3. The van der Waals surface area contributed by atoms with E-state index >= 15 is 0 Å². The van der Waals surface area contributed by atoms with Crippen LogP contribution in [0.1, 0.15) is 40.7 Å². The molecular formula is C15H16O. The van der Waals surface area contributed by atoms with Gasteiger partial charge < -0.3 is 4.42 Å². The number of rotatable bonds is 2. The molecule has 0 bridgehead atoms. The second-order valence-corrected chi connectivity index (χ2v) is 4.82. The Balaban J connectivity index is 1.86. The van der Waals surface area contributed by atoms with E-state index in [2.05, 4.69) is 38.1 Å². The van der Waals surface area contributed by atoms with Gasteiger partial charge in [0, 0.05) is 5.92 Å². The number of aryl methyl sites for hydroxylation is 2. The summed E-state index contributed by atoms with van der Waals surface area (Å²) < 4.78 is 5.47. The van der Waals surface area contributed by atoms with E-state index in [4.69, 9.17) is 4.42 Å². The molecule has 2 unspecified atom stereocenters. The van der Waals surface area contributed by atoms with Crippen LogP contribution >= 0.6 is 0 Å². The van der Waals surface area contributed by atoms with Crippen molar-refractivity contribution in [2.45, 2.75) is 32.1 Å². The van der Waals surface area contributed by atoms with Crippen LogP contribution in [0.25, 0.3) is 0 Å². The Morgan fingerprint density at radius 1 is 1.12 bits per heavy atom. The summed E-state index contributed by atoms with van der Waals surface area (Å²) in [6, 6.07) is 10.8. The quantitative estimate of drug-likeness (QED) is 0.728. The maximum absolute atomic E-state index is 5.47. The minimum atomic E-state index is 0.608. The highest BCUT2D eigenvalue weighted by atomic mass is 16.3. The molecule has 1 fully saturated rings. The molecule has 3 rings (SSSR count). The highest BCUT2D eigenvalue weighted by Crippen LogP contribution is 2.55. The molecule has 16 heavy (non-hydrogen) atoms. The second kappa shape index (κ2) is 3.51. The Kier molecular flexibility index (Phi) is 2.13. The first-order valence-electron chi connectivity index (χ1n) is 5.86. The topological polar surface area (TPSA) is 13.1 Å². The van der Waals surface area contributed by atoms with E-state index in [1.807, 2.05) is 6.07 Å². The normalized spacial score (nSPS) is 23.4. The highest BCUT2D eigenvalue weighted by molar-refractivity contribution is 5.39. The molecule has 1 aliphatic carbocycles. The van der Waals surface area contributed by atoms with Crippen LogP contribution in [0, 0.1) is 13.8 Å². The maximum atomic E-state index is 5.47. The largest absolute Gasteiger partial charge is 0.469 e. The van der Waals surface area contributed by atoms with Crippen molar-refractivity contribution in [1.82, 2.24) is 0 Å². The van der Waals surface area contributed by atoms with Crippen LogP contribution in [-0.2, 0) is 0 Å². The van der Waals surface area contributed by atoms with Crippen LogP contribution in [0.4, 0.5) is 0 Å². The summed E-state index contributed by atoms with van der Waals surface area (Å²) in [5.41, 5.74) is 4.25. The van der Waals surface area contributed by atoms with Gasteiger partial charge in [-0.05, 0) is 49.4 Å². The first-order chi connectivity index (χ1) is 7.75. The summed E-state index contributed by atoms with van der Waals surface area (Å²) in [4.78, 5) is 0. The fraction of sp³-hybridized carbons (Fsp3) is 0.333. The first-order valence-corrected chi connectivity index (χ1v) is 5.86. The molecule has 0 amide bonds. The third-order valence-electron chi connectivity index (χ3n) is 3.52. The summed E-state index contributed by atoms with van der Waals surface area (Å²) in [5, 5.41) is 0. The average Bonchev–Trinajstić information content (AvgIpc) is 2.85. The third-order valence-corrected chi connectivity index (χ3v) is 3.52. The van der Waals surface area contributed by atoms with Crippen molar-refractivity contribution in [3.8, 4) is 0 Å². The van der Waals surface area contributed by atoms with Gasteiger partial charge in [-0.2, -0.15) is 0 Å². The smallest absolute Gasteiger partial charge is 0.107 e. The molecule has 1 aromatic carbocycles. The van der Waals surface area contributed by atoms with Crippen LogP contribution in [-0.4, -0.2) is 0 Å². The number of benzene rings is 1. The molecule has 0 aliphatic heterocycles. The minimum Gasteiger partial charge on any atom is -0.469 e. The highest BCUT2D eigenvalue weighted by Gasteiger charge is 2.42. The van der Waals surface area contributed by atoms with Crippen LogP contribution in [0.2, 0.25) is 0 Å². The molecule has 1 aliphatic rings. The molecule has 0 saturated heterocycles. The van der Waals surface area contributed by atoms with E-state index in [-0.39, 0.29) is 0 Å². The molecule has 1 aromatic heterocycles. The molecule has 0 radical (unpaired) electrons. The van der Waals surface area contributed by atoms with Gasteiger partial charge in [-0.3, -0.25) is 0 Å².